The van der Waals surface area contributed by atoms with Crippen molar-refractivity contribution in [1.82, 2.24) is 9.97 Å². The monoisotopic (exact) mass is 336 g/mol. The Morgan fingerprint density at radius 1 is 0.615 bits per heavy atom. The van der Waals surface area contributed by atoms with Crippen LogP contribution < -0.4 is 0 Å². The van der Waals surface area contributed by atoms with Gasteiger partial charge in [-0.2, -0.15) is 0 Å². The van der Waals surface area contributed by atoms with Gasteiger partial charge >= 0.3 is 0 Å². The van der Waals surface area contributed by atoms with Crippen LogP contribution in [0.5, 0.6) is 0 Å². The van der Waals surface area contributed by atoms with Gasteiger partial charge < -0.3 is 0 Å². The van der Waals surface area contributed by atoms with Crippen LogP contribution in [0, 0.1) is 13.8 Å². The number of nitrogens with zero attached hydrogens (tertiary/aromatic N) is 2. The minimum Gasteiger partial charge on any atom is -0.255 e. The van der Waals surface area contributed by atoms with E-state index in [0.717, 1.165) is 22.6 Å². The van der Waals surface area contributed by atoms with Gasteiger partial charge in [-0.05, 0) is 60.9 Å². The topological polar surface area (TPSA) is 25.8 Å². The molecule has 126 valence electrons. The first kappa shape index (κ1) is 16.2. The Morgan fingerprint density at radius 2 is 1.35 bits per heavy atom. The molecule has 0 saturated heterocycles. The molecule has 4 rings (SSSR count). The van der Waals surface area contributed by atoms with Crippen LogP contribution in [0.15, 0.2) is 85.1 Å². The van der Waals surface area contributed by atoms with Crippen LogP contribution in [0.3, 0.4) is 0 Å². The van der Waals surface area contributed by atoms with Gasteiger partial charge in [0.15, 0.2) is 0 Å². The van der Waals surface area contributed by atoms with Crippen molar-refractivity contribution in [2.45, 2.75) is 13.8 Å². The quantitative estimate of drug-likeness (QED) is 0.452. The summed E-state index contributed by atoms with van der Waals surface area (Å²) in [7, 11) is 0. The molecule has 26 heavy (non-hydrogen) atoms. The zero-order valence-electron chi connectivity index (χ0n) is 15.0. The third-order valence-electron chi connectivity index (χ3n) is 4.57. The van der Waals surface area contributed by atoms with Crippen molar-refractivity contribution >= 4 is 0 Å². The molecule has 0 radical (unpaired) electrons. The first-order chi connectivity index (χ1) is 12.7. The summed E-state index contributed by atoms with van der Waals surface area (Å²) in [5.74, 6) is 0. The van der Waals surface area contributed by atoms with Crippen LogP contribution in [-0.4, -0.2) is 9.97 Å². The average molecular weight is 336 g/mol. The number of rotatable bonds is 3. The smallest absolute Gasteiger partial charge is 0.0893 e. The number of hydrogen-bond acceptors (Lipinski definition) is 2. The highest BCUT2D eigenvalue weighted by Gasteiger charge is 2.08. The van der Waals surface area contributed by atoms with Crippen LogP contribution in [-0.2, 0) is 0 Å². The van der Waals surface area contributed by atoms with Gasteiger partial charge in [0, 0.05) is 11.8 Å². The second kappa shape index (κ2) is 6.93. The van der Waals surface area contributed by atoms with Crippen molar-refractivity contribution in [3.8, 4) is 33.8 Å². The van der Waals surface area contributed by atoms with Crippen LogP contribution in [0.25, 0.3) is 33.8 Å². The van der Waals surface area contributed by atoms with Crippen molar-refractivity contribution in [1.29, 1.82) is 0 Å². The number of hydrogen-bond donors (Lipinski definition) is 0. The SMILES string of the molecule is Cc1ccc(-c2ccc(C)c(-c3cccc(-c4ccccn4)n3)c2)cc1. The number of benzene rings is 2. The Kier molecular flexibility index (Phi) is 4.32. The molecule has 2 aromatic carbocycles. The van der Waals surface area contributed by atoms with Gasteiger partial charge in [0.1, 0.15) is 0 Å². The summed E-state index contributed by atoms with van der Waals surface area (Å²) in [6.45, 7) is 4.24. The maximum Gasteiger partial charge on any atom is 0.0893 e. The molecule has 2 heteroatoms. The normalized spacial score (nSPS) is 10.7. The van der Waals surface area contributed by atoms with E-state index in [4.69, 9.17) is 4.98 Å². The molecule has 2 aromatic heterocycles. The predicted octanol–water partition coefficient (Wildman–Crippen LogP) is 6.09. The maximum absolute atomic E-state index is 4.86. The molecule has 0 aliphatic carbocycles. The fourth-order valence-electron chi connectivity index (χ4n) is 3.07. The number of aryl methyl sites for hydroxylation is 2. The molecule has 0 spiro atoms. The Labute approximate surface area is 154 Å². The van der Waals surface area contributed by atoms with Crippen molar-refractivity contribution < 1.29 is 0 Å². The number of pyridine rings is 2. The van der Waals surface area contributed by atoms with Crippen molar-refractivity contribution in [2.75, 3.05) is 0 Å². The standard InChI is InChI=1S/C24H20N2/c1-17-9-12-19(13-10-17)20-14-11-18(2)21(16-20)22-7-5-8-24(26-22)23-6-3-4-15-25-23/h3-16H,1-2H3. The fourth-order valence-corrected chi connectivity index (χ4v) is 3.07. The van der Waals surface area contributed by atoms with Gasteiger partial charge in [0.25, 0.3) is 0 Å². The van der Waals surface area contributed by atoms with Gasteiger partial charge in [-0.1, -0.05) is 54.1 Å². The minimum absolute atomic E-state index is 0.890. The third-order valence-corrected chi connectivity index (χ3v) is 4.57. The molecular weight excluding hydrogens is 316 g/mol. The zero-order valence-corrected chi connectivity index (χ0v) is 15.0. The maximum atomic E-state index is 4.86. The van der Waals surface area contributed by atoms with E-state index in [1.54, 1.807) is 6.20 Å². The molecule has 0 unspecified atom stereocenters. The van der Waals surface area contributed by atoms with E-state index in [1.807, 2.05) is 30.3 Å². The first-order valence-electron chi connectivity index (χ1n) is 8.77. The summed E-state index contributed by atoms with van der Waals surface area (Å²) in [5.41, 5.74) is 8.82. The fraction of sp³-hybridized carbons (Fsp3) is 0.0833. The molecule has 2 nitrogen and oxygen atoms in total. The third kappa shape index (κ3) is 3.27. The molecular formula is C24H20N2. The Bertz CT molecular complexity index is 1040. The lowest BCUT2D eigenvalue weighted by Crippen LogP contribution is -1.92. The van der Waals surface area contributed by atoms with Crippen LogP contribution >= 0.6 is 0 Å². The molecule has 0 bridgehead atoms. The Balaban J connectivity index is 1.78. The van der Waals surface area contributed by atoms with Crippen molar-refractivity contribution in [3.63, 3.8) is 0 Å². The van der Waals surface area contributed by atoms with E-state index in [0.29, 0.717) is 0 Å². The molecule has 0 atom stereocenters. The average Bonchev–Trinajstić information content (AvgIpc) is 2.70. The summed E-state index contributed by atoms with van der Waals surface area (Å²) in [5, 5.41) is 0. The van der Waals surface area contributed by atoms with Gasteiger partial charge in [-0.15, -0.1) is 0 Å². The second-order valence-electron chi connectivity index (χ2n) is 6.52. The van der Waals surface area contributed by atoms with E-state index < -0.39 is 0 Å². The molecule has 0 aliphatic heterocycles. The van der Waals surface area contributed by atoms with E-state index >= 15 is 0 Å². The molecule has 0 saturated carbocycles. The van der Waals surface area contributed by atoms with Crippen LogP contribution in [0.4, 0.5) is 0 Å². The first-order valence-corrected chi connectivity index (χ1v) is 8.77. The minimum atomic E-state index is 0.890. The summed E-state index contributed by atoms with van der Waals surface area (Å²) < 4.78 is 0. The predicted molar refractivity (Wildman–Crippen MR) is 108 cm³/mol. The molecule has 0 fully saturated rings. The summed E-state index contributed by atoms with van der Waals surface area (Å²) in [4.78, 5) is 9.28. The molecule has 0 amide bonds. The lowest BCUT2D eigenvalue weighted by Gasteiger charge is -2.10. The largest absolute Gasteiger partial charge is 0.255 e. The van der Waals surface area contributed by atoms with Gasteiger partial charge in [0.2, 0.25) is 0 Å². The van der Waals surface area contributed by atoms with E-state index in [9.17, 15) is 0 Å². The van der Waals surface area contributed by atoms with Gasteiger partial charge in [-0.3, -0.25) is 4.98 Å². The summed E-state index contributed by atoms with van der Waals surface area (Å²) in [6.07, 6.45) is 1.80. The second-order valence-corrected chi connectivity index (χ2v) is 6.52. The molecule has 0 N–H and O–H groups in total. The Morgan fingerprint density at radius 3 is 2.12 bits per heavy atom. The lowest BCUT2D eigenvalue weighted by atomic mass is 9.97. The van der Waals surface area contributed by atoms with Gasteiger partial charge in [-0.25, -0.2) is 4.98 Å². The number of aromatic nitrogens is 2. The molecule has 2 heterocycles. The zero-order chi connectivity index (χ0) is 17.9. The molecule has 4 aromatic rings. The van der Waals surface area contributed by atoms with Crippen LogP contribution in [0.1, 0.15) is 11.1 Å². The highest BCUT2D eigenvalue weighted by molar-refractivity contribution is 5.74. The highest BCUT2D eigenvalue weighted by Crippen LogP contribution is 2.29. The van der Waals surface area contributed by atoms with Crippen LogP contribution in [0.2, 0.25) is 0 Å². The van der Waals surface area contributed by atoms with E-state index in [1.165, 1.54) is 22.3 Å². The summed E-state index contributed by atoms with van der Waals surface area (Å²) >= 11 is 0. The highest BCUT2D eigenvalue weighted by atomic mass is 14.8. The molecule has 0 aliphatic rings. The lowest BCUT2D eigenvalue weighted by molar-refractivity contribution is 1.24. The van der Waals surface area contributed by atoms with E-state index in [2.05, 4.69) is 67.4 Å². The van der Waals surface area contributed by atoms with Gasteiger partial charge in [0.05, 0.1) is 17.1 Å². The van der Waals surface area contributed by atoms with Crippen molar-refractivity contribution in [2.24, 2.45) is 0 Å². The van der Waals surface area contributed by atoms with E-state index in [-0.39, 0.29) is 0 Å². The van der Waals surface area contributed by atoms with Crippen molar-refractivity contribution in [3.05, 3.63) is 96.2 Å². The summed E-state index contributed by atoms with van der Waals surface area (Å²) in [6, 6.07) is 27.2. The Hall–Kier alpha value is -3.26.